The quantitative estimate of drug-likeness (QED) is 0.642. The average Bonchev–Trinajstić information content (AvgIpc) is 2.64. The zero-order chi connectivity index (χ0) is 20.2. The van der Waals surface area contributed by atoms with Crippen molar-refractivity contribution < 1.29 is 8.42 Å². The summed E-state index contributed by atoms with van der Waals surface area (Å²) in [6.45, 7) is 4.71. The van der Waals surface area contributed by atoms with Crippen molar-refractivity contribution in [3.05, 3.63) is 65.7 Å². The monoisotopic (exact) mass is 399 g/mol. The molecule has 0 amide bonds. The van der Waals surface area contributed by atoms with E-state index in [0.717, 1.165) is 12.3 Å². The van der Waals surface area contributed by atoms with Crippen molar-refractivity contribution in [3.8, 4) is 0 Å². The Labute approximate surface area is 170 Å². The molecule has 2 aromatic rings. The summed E-state index contributed by atoms with van der Waals surface area (Å²) in [5.41, 5.74) is 3.45. The van der Waals surface area contributed by atoms with E-state index in [1.807, 2.05) is 18.2 Å². The maximum absolute atomic E-state index is 11.6. The largest absolute Gasteiger partial charge is 0.284 e. The van der Waals surface area contributed by atoms with E-state index in [0.29, 0.717) is 11.6 Å². The standard InChI is InChI=1S/C24H33NO2S/c1-19-17-21(12-7-11-20-9-5-4-6-10-20)15-16-24(19,2)22-13-8-14-23(18-22)25-28(3,26)27/h4-6,8-10,13-14,18-19,21,25H,7,11-12,15-17H2,1-3H3. The van der Waals surface area contributed by atoms with Crippen LogP contribution in [0.25, 0.3) is 0 Å². The lowest BCUT2D eigenvalue weighted by molar-refractivity contribution is 0.159. The second-order valence-electron chi connectivity index (χ2n) is 8.79. The molecule has 3 atom stereocenters. The SMILES string of the molecule is CC1CC(CCCc2ccccc2)CCC1(C)c1cccc(NS(C)(=O)=O)c1. The van der Waals surface area contributed by atoms with Gasteiger partial charge in [0.15, 0.2) is 0 Å². The van der Waals surface area contributed by atoms with Gasteiger partial charge in [-0.15, -0.1) is 0 Å². The molecule has 1 aliphatic carbocycles. The van der Waals surface area contributed by atoms with Crippen molar-refractivity contribution >= 4 is 15.7 Å². The van der Waals surface area contributed by atoms with Crippen LogP contribution in [0.3, 0.4) is 0 Å². The lowest BCUT2D eigenvalue weighted by Crippen LogP contribution is -2.36. The normalized spacial score (nSPS) is 25.4. The van der Waals surface area contributed by atoms with E-state index in [-0.39, 0.29) is 5.41 Å². The van der Waals surface area contributed by atoms with Crippen LogP contribution in [-0.4, -0.2) is 14.7 Å². The minimum Gasteiger partial charge on any atom is -0.284 e. The zero-order valence-electron chi connectivity index (χ0n) is 17.3. The maximum Gasteiger partial charge on any atom is 0.229 e. The summed E-state index contributed by atoms with van der Waals surface area (Å²) in [7, 11) is -3.25. The highest BCUT2D eigenvalue weighted by atomic mass is 32.2. The topological polar surface area (TPSA) is 46.2 Å². The number of hydrogen-bond acceptors (Lipinski definition) is 2. The molecule has 1 aliphatic rings. The van der Waals surface area contributed by atoms with Crippen molar-refractivity contribution in [3.63, 3.8) is 0 Å². The van der Waals surface area contributed by atoms with Crippen molar-refractivity contribution in [1.82, 2.24) is 0 Å². The van der Waals surface area contributed by atoms with Gasteiger partial charge in [0, 0.05) is 5.69 Å². The van der Waals surface area contributed by atoms with Crippen LogP contribution >= 0.6 is 0 Å². The highest BCUT2D eigenvalue weighted by Crippen LogP contribution is 2.47. The second kappa shape index (κ2) is 8.69. The number of sulfonamides is 1. The van der Waals surface area contributed by atoms with E-state index in [9.17, 15) is 8.42 Å². The fourth-order valence-corrected chi connectivity index (χ4v) is 5.27. The van der Waals surface area contributed by atoms with Gasteiger partial charge in [-0.25, -0.2) is 8.42 Å². The average molecular weight is 400 g/mol. The van der Waals surface area contributed by atoms with Crippen LogP contribution < -0.4 is 4.72 Å². The van der Waals surface area contributed by atoms with Gasteiger partial charge in [0.1, 0.15) is 0 Å². The Hall–Kier alpha value is -1.81. The third-order valence-electron chi connectivity index (χ3n) is 6.59. The van der Waals surface area contributed by atoms with Crippen LogP contribution in [0.1, 0.15) is 57.1 Å². The van der Waals surface area contributed by atoms with Crippen LogP contribution in [-0.2, 0) is 21.9 Å². The van der Waals surface area contributed by atoms with Crippen molar-refractivity contribution in [2.24, 2.45) is 11.8 Å². The van der Waals surface area contributed by atoms with Gasteiger partial charge < -0.3 is 0 Å². The maximum atomic E-state index is 11.6. The molecule has 0 aromatic heterocycles. The third-order valence-corrected chi connectivity index (χ3v) is 7.20. The molecule has 0 spiro atoms. The van der Waals surface area contributed by atoms with Gasteiger partial charge >= 0.3 is 0 Å². The molecule has 28 heavy (non-hydrogen) atoms. The van der Waals surface area contributed by atoms with Gasteiger partial charge in [-0.2, -0.15) is 0 Å². The number of hydrogen-bond donors (Lipinski definition) is 1. The highest BCUT2D eigenvalue weighted by Gasteiger charge is 2.38. The number of benzene rings is 2. The van der Waals surface area contributed by atoms with E-state index < -0.39 is 10.0 Å². The number of nitrogens with one attached hydrogen (secondary N) is 1. The summed E-state index contributed by atoms with van der Waals surface area (Å²) in [5.74, 6) is 1.38. The van der Waals surface area contributed by atoms with Crippen molar-refractivity contribution in [2.75, 3.05) is 11.0 Å². The van der Waals surface area contributed by atoms with Gasteiger partial charge in [0.25, 0.3) is 0 Å². The first kappa shape index (κ1) is 20.9. The smallest absolute Gasteiger partial charge is 0.229 e. The summed E-state index contributed by atoms with van der Waals surface area (Å²) in [6, 6.07) is 18.7. The third kappa shape index (κ3) is 5.38. The Morgan fingerprint density at radius 3 is 2.54 bits per heavy atom. The second-order valence-corrected chi connectivity index (χ2v) is 10.5. The molecule has 0 bridgehead atoms. The number of rotatable bonds is 7. The van der Waals surface area contributed by atoms with Crippen LogP contribution in [0.2, 0.25) is 0 Å². The molecular formula is C24H33NO2S. The summed E-state index contributed by atoms with van der Waals surface area (Å²) in [5, 5.41) is 0. The van der Waals surface area contributed by atoms with E-state index >= 15 is 0 Å². The fourth-order valence-electron chi connectivity index (χ4n) is 4.71. The molecule has 0 aliphatic heterocycles. The lowest BCUT2D eigenvalue weighted by atomic mass is 9.61. The predicted molar refractivity (Wildman–Crippen MR) is 118 cm³/mol. The molecule has 152 valence electrons. The minimum absolute atomic E-state index is 0.102. The molecule has 1 fully saturated rings. The van der Waals surface area contributed by atoms with E-state index in [2.05, 4.69) is 55.0 Å². The van der Waals surface area contributed by atoms with E-state index in [4.69, 9.17) is 0 Å². The van der Waals surface area contributed by atoms with Gasteiger partial charge in [0.2, 0.25) is 10.0 Å². The Bertz CT molecular complexity index is 878. The fraction of sp³-hybridized carbons (Fsp3) is 0.500. The summed E-state index contributed by atoms with van der Waals surface area (Å²) in [6.07, 6.45) is 8.57. The Kier molecular flexibility index (Phi) is 6.49. The molecular weight excluding hydrogens is 366 g/mol. The van der Waals surface area contributed by atoms with Crippen LogP contribution in [0.5, 0.6) is 0 Å². The zero-order valence-corrected chi connectivity index (χ0v) is 18.1. The molecule has 3 nitrogen and oxygen atoms in total. The molecule has 0 radical (unpaired) electrons. The molecule has 4 heteroatoms. The molecule has 3 rings (SSSR count). The lowest BCUT2D eigenvalue weighted by Gasteiger charge is -2.44. The van der Waals surface area contributed by atoms with Gasteiger partial charge in [-0.1, -0.05) is 62.7 Å². The summed E-state index contributed by atoms with van der Waals surface area (Å²) >= 11 is 0. The molecule has 0 saturated heterocycles. The first-order valence-electron chi connectivity index (χ1n) is 10.4. The van der Waals surface area contributed by atoms with E-state index in [1.54, 1.807) is 0 Å². The first-order valence-corrected chi connectivity index (χ1v) is 12.3. The predicted octanol–water partition coefficient (Wildman–Crippen LogP) is 5.77. The van der Waals surface area contributed by atoms with Crippen LogP contribution in [0.4, 0.5) is 5.69 Å². The van der Waals surface area contributed by atoms with Gasteiger partial charge in [0.05, 0.1) is 6.26 Å². The Balaban J connectivity index is 1.60. The van der Waals surface area contributed by atoms with Gasteiger partial charge in [-0.3, -0.25) is 4.72 Å². The highest BCUT2D eigenvalue weighted by molar-refractivity contribution is 7.92. The summed E-state index contributed by atoms with van der Waals surface area (Å²) < 4.78 is 25.8. The molecule has 2 aromatic carbocycles. The van der Waals surface area contributed by atoms with E-state index in [1.165, 1.54) is 49.5 Å². The molecule has 3 unspecified atom stereocenters. The Morgan fingerprint density at radius 2 is 1.86 bits per heavy atom. The van der Waals surface area contributed by atoms with Crippen molar-refractivity contribution in [2.45, 2.75) is 57.8 Å². The van der Waals surface area contributed by atoms with Crippen LogP contribution in [0, 0.1) is 11.8 Å². The van der Waals surface area contributed by atoms with Crippen LogP contribution in [0.15, 0.2) is 54.6 Å². The number of aryl methyl sites for hydroxylation is 1. The molecule has 1 saturated carbocycles. The Morgan fingerprint density at radius 1 is 1.11 bits per heavy atom. The molecule has 0 heterocycles. The first-order chi connectivity index (χ1) is 13.3. The summed E-state index contributed by atoms with van der Waals surface area (Å²) in [4.78, 5) is 0. The number of anilines is 1. The van der Waals surface area contributed by atoms with Gasteiger partial charge in [-0.05, 0) is 72.6 Å². The molecule has 1 N–H and O–H groups in total. The minimum atomic E-state index is -3.25. The van der Waals surface area contributed by atoms with Crippen molar-refractivity contribution in [1.29, 1.82) is 0 Å².